The van der Waals surface area contributed by atoms with Gasteiger partial charge in [-0.2, -0.15) is 6.42 Å². The minimum absolute atomic E-state index is 0. The second kappa shape index (κ2) is 9.68. The SMILES string of the molecule is [CH2-]CC.[Cu+]. The van der Waals surface area contributed by atoms with Crippen molar-refractivity contribution in [3.8, 4) is 0 Å². The summed E-state index contributed by atoms with van der Waals surface area (Å²) in [6, 6.07) is 0. The van der Waals surface area contributed by atoms with Crippen LogP contribution in [0.2, 0.25) is 0 Å². The average molecular weight is 107 g/mol. The Hall–Kier alpha value is 0.519. The molecular formula is C3H7Cu. The van der Waals surface area contributed by atoms with Gasteiger partial charge in [0, 0.05) is 0 Å². The molecule has 0 spiro atoms. The zero-order valence-electron chi connectivity index (χ0n) is 2.72. The molecule has 0 aromatic rings. The van der Waals surface area contributed by atoms with Crippen molar-refractivity contribution in [2.75, 3.05) is 0 Å². The predicted molar refractivity (Wildman–Crippen MR) is 15.6 cm³/mol. The Morgan fingerprint density at radius 2 is 1.75 bits per heavy atom. The molecule has 0 N–H and O–H groups in total. The summed E-state index contributed by atoms with van der Waals surface area (Å²) in [6.07, 6.45) is 1.00. The minimum atomic E-state index is 0. The topological polar surface area (TPSA) is 0 Å². The van der Waals surface area contributed by atoms with E-state index >= 15 is 0 Å². The van der Waals surface area contributed by atoms with Crippen molar-refractivity contribution in [1.29, 1.82) is 0 Å². The maximum absolute atomic E-state index is 3.49. The largest absolute Gasteiger partial charge is 1.00 e. The third-order valence-corrected chi connectivity index (χ3v) is 0. The summed E-state index contributed by atoms with van der Waals surface area (Å²) < 4.78 is 0. The van der Waals surface area contributed by atoms with E-state index in [1.165, 1.54) is 0 Å². The van der Waals surface area contributed by atoms with Crippen molar-refractivity contribution in [3.05, 3.63) is 6.92 Å². The summed E-state index contributed by atoms with van der Waals surface area (Å²) in [4.78, 5) is 0. The van der Waals surface area contributed by atoms with Crippen LogP contribution in [0.3, 0.4) is 0 Å². The fraction of sp³-hybridized carbons (Fsp3) is 0.667. The summed E-state index contributed by atoms with van der Waals surface area (Å²) in [6.45, 7) is 5.50. The molecule has 0 aromatic carbocycles. The number of rotatable bonds is 0. The van der Waals surface area contributed by atoms with E-state index in [0.717, 1.165) is 6.42 Å². The summed E-state index contributed by atoms with van der Waals surface area (Å²) in [5.41, 5.74) is 0. The molecule has 0 aromatic heterocycles. The first-order valence-corrected chi connectivity index (χ1v) is 1.21. The minimum Gasteiger partial charge on any atom is -0.344 e. The Morgan fingerprint density at radius 1 is 1.75 bits per heavy atom. The van der Waals surface area contributed by atoms with Gasteiger partial charge in [0.15, 0.2) is 0 Å². The fourth-order valence-electron chi connectivity index (χ4n) is 0. The number of hydrogen-bond donors (Lipinski definition) is 0. The van der Waals surface area contributed by atoms with E-state index in [1.807, 2.05) is 6.92 Å². The summed E-state index contributed by atoms with van der Waals surface area (Å²) in [5, 5.41) is 0. The normalized spacial score (nSPS) is 4.50. The molecule has 0 saturated heterocycles. The van der Waals surface area contributed by atoms with Crippen LogP contribution < -0.4 is 0 Å². The molecule has 0 heterocycles. The Labute approximate surface area is 38.1 Å². The zero-order valence-corrected chi connectivity index (χ0v) is 3.66. The molecule has 0 amide bonds. The molecule has 30 valence electrons. The second-order valence-electron chi connectivity index (χ2n) is 0.500. The first-order chi connectivity index (χ1) is 1.41. The standard InChI is InChI=1S/C3H7.Cu/c1-3-2;/h1,3H2,2H3;/q-1;+1. The van der Waals surface area contributed by atoms with E-state index in [4.69, 9.17) is 0 Å². The van der Waals surface area contributed by atoms with Crippen LogP contribution in [0, 0.1) is 6.92 Å². The predicted octanol–water partition coefficient (Wildman–Crippen LogP) is 1.23. The van der Waals surface area contributed by atoms with Gasteiger partial charge in [-0.25, -0.2) is 0 Å². The van der Waals surface area contributed by atoms with Crippen LogP contribution in [0.5, 0.6) is 0 Å². The molecule has 0 aliphatic rings. The molecule has 0 aliphatic heterocycles. The smallest absolute Gasteiger partial charge is 0.344 e. The molecule has 0 atom stereocenters. The summed E-state index contributed by atoms with van der Waals surface area (Å²) >= 11 is 0. The van der Waals surface area contributed by atoms with Gasteiger partial charge in [0.05, 0.1) is 0 Å². The maximum atomic E-state index is 3.49. The van der Waals surface area contributed by atoms with E-state index in [2.05, 4.69) is 6.92 Å². The van der Waals surface area contributed by atoms with Crippen molar-refractivity contribution >= 4 is 0 Å². The first kappa shape index (κ1) is 8.82. The Morgan fingerprint density at radius 3 is 1.75 bits per heavy atom. The first-order valence-electron chi connectivity index (χ1n) is 1.21. The maximum Gasteiger partial charge on any atom is 1.00 e. The van der Waals surface area contributed by atoms with E-state index in [9.17, 15) is 0 Å². The van der Waals surface area contributed by atoms with Crippen LogP contribution in [-0.4, -0.2) is 0 Å². The van der Waals surface area contributed by atoms with Crippen molar-refractivity contribution in [1.82, 2.24) is 0 Å². The monoisotopic (exact) mass is 106 g/mol. The molecule has 4 heavy (non-hydrogen) atoms. The molecular weight excluding hydrogens is 99.6 g/mol. The van der Waals surface area contributed by atoms with Crippen molar-refractivity contribution < 1.29 is 17.1 Å². The Bertz CT molecular complexity index is 3.25. The van der Waals surface area contributed by atoms with Gasteiger partial charge in [-0.3, -0.25) is 0 Å². The molecule has 0 aliphatic carbocycles. The molecule has 0 radical (unpaired) electrons. The Balaban J connectivity index is 0. The van der Waals surface area contributed by atoms with E-state index in [-0.39, 0.29) is 17.1 Å². The molecule has 0 nitrogen and oxygen atoms in total. The average Bonchev–Trinajstić information content (AvgIpc) is 0.918. The van der Waals surface area contributed by atoms with Gasteiger partial charge in [-0.05, 0) is 0 Å². The van der Waals surface area contributed by atoms with Crippen molar-refractivity contribution in [2.45, 2.75) is 13.3 Å². The molecule has 0 rings (SSSR count). The summed E-state index contributed by atoms with van der Waals surface area (Å²) in [7, 11) is 0. The van der Waals surface area contributed by atoms with Gasteiger partial charge >= 0.3 is 17.1 Å². The molecule has 0 saturated carbocycles. The Kier molecular flexibility index (Phi) is 21.3. The molecule has 0 unspecified atom stereocenters. The van der Waals surface area contributed by atoms with E-state index < -0.39 is 0 Å². The second-order valence-corrected chi connectivity index (χ2v) is 0.500. The van der Waals surface area contributed by atoms with Gasteiger partial charge in [-0.1, -0.05) is 6.92 Å². The van der Waals surface area contributed by atoms with E-state index in [0.29, 0.717) is 0 Å². The van der Waals surface area contributed by atoms with Gasteiger partial charge < -0.3 is 6.92 Å². The van der Waals surface area contributed by atoms with Crippen LogP contribution in [0.15, 0.2) is 0 Å². The van der Waals surface area contributed by atoms with Gasteiger partial charge in [-0.15, -0.1) is 0 Å². The van der Waals surface area contributed by atoms with Crippen molar-refractivity contribution in [3.63, 3.8) is 0 Å². The van der Waals surface area contributed by atoms with Gasteiger partial charge in [0.2, 0.25) is 0 Å². The van der Waals surface area contributed by atoms with Crippen molar-refractivity contribution in [2.24, 2.45) is 0 Å². The quantitative estimate of drug-likeness (QED) is 0.322. The zero-order chi connectivity index (χ0) is 2.71. The molecule has 1 heteroatoms. The fourth-order valence-corrected chi connectivity index (χ4v) is 0. The van der Waals surface area contributed by atoms with Gasteiger partial charge in [0.1, 0.15) is 0 Å². The van der Waals surface area contributed by atoms with Crippen LogP contribution in [0.1, 0.15) is 13.3 Å². The van der Waals surface area contributed by atoms with Crippen LogP contribution in [0.25, 0.3) is 0 Å². The van der Waals surface area contributed by atoms with Gasteiger partial charge in [0.25, 0.3) is 0 Å². The van der Waals surface area contributed by atoms with Crippen LogP contribution >= 0.6 is 0 Å². The third kappa shape index (κ3) is 21.6. The molecule has 0 fully saturated rings. The van der Waals surface area contributed by atoms with Crippen LogP contribution in [0.4, 0.5) is 0 Å². The molecule has 0 bridgehead atoms. The third-order valence-electron chi connectivity index (χ3n) is 0. The van der Waals surface area contributed by atoms with E-state index in [1.54, 1.807) is 0 Å². The number of hydrogen-bond acceptors (Lipinski definition) is 0. The van der Waals surface area contributed by atoms with Crippen LogP contribution in [-0.2, 0) is 17.1 Å². The summed E-state index contributed by atoms with van der Waals surface area (Å²) in [5.74, 6) is 0.